The maximum absolute atomic E-state index is 5.40. The molecule has 14 rings (SSSR count). The average Bonchev–Trinajstić information content (AvgIpc) is 3.76. The summed E-state index contributed by atoms with van der Waals surface area (Å²) in [4.78, 5) is 16.0. The molecule has 0 saturated heterocycles. The highest BCUT2D eigenvalue weighted by Gasteiger charge is 2.20. The van der Waals surface area contributed by atoms with Crippen LogP contribution in [0.25, 0.3) is 141 Å². The van der Waals surface area contributed by atoms with Crippen molar-refractivity contribution < 1.29 is 0 Å². The zero-order valence-electron chi connectivity index (χ0n) is 35.0. The molecule has 12 aromatic carbocycles. The predicted octanol–water partition coefficient (Wildman–Crippen LogP) is 16.9. The van der Waals surface area contributed by atoms with Crippen molar-refractivity contribution in [1.29, 1.82) is 0 Å². The third kappa shape index (κ3) is 5.64. The van der Waals surface area contributed by atoms with Gasteiger partial charge in [0, 0.05) is 36.9 Å². The van der Waals surface area contributed by atoms with Gasteiger partial charge in [-0.1, -0.05) is 188 Å². The first-order valence-corrected chi connectivity index (χ1v) is 22.9. The highest BCUT2D eigenvalue weighted by Crippen LogP contribution is 2.45. The van der Waals surface area contributed by atoms with Crippen LogP contribution in [0.2, 0.25) is 0 Å². The Balaban J connectivity index is 1.03. The summed E-state index contributed by atoms with van der Waals surface area (Å²) in [5, 5.41) is 17.4. The van der Waals surface area contributed by atoms with Crippen LogP contribution >= 0.6 is 11.3 Å². The minimum atomic E-state index is 0.631. The lowest BCUT2D eigenvalue weighted by atomic mass is 9.87. The van der Waals surface area contributed by atoms with Crippen LogP contribution in [0.5, 0.6) is 0 Å². The Morgan fingerprint density at radius 2 is 0.738 bits per heavy atom. The van der Waals surface area contributed by atoms with Gasteiger partial charge in [-0.3, -0.25) is 0 Å². The maximum atomic E-state index is 5.40. The Morgan fingerprint density at radius 1 is 0.262 bits per heavy atom. The second kappa shape index (κ2) is 14.1. The fraction of sp³-hybridized carbons (Fsp3) is 0. The zero-order valence-corrected chi connectivity index (χ0v) is 35.8. The Kier molecular flexibility index (Phi) is 7.85. The van der Waals surface area contributed by atoms with Gasteiger partial charge in [0.2, 0.25) is 0 Å². The van der Waals surface area contributed by atoms with E-state index in [1.165, 1.54) is 90.5 Å². The molecule has 65 heavy (non-hydrogen) atoms. The summed E-state index contributed by atoms with van der Waals surface area (Å²) in [6, 6.07) is 77.0. The lowest BCUT2D eigenvalue weighted by molar-refractivity contribution is 1.07. The molecule has 4 heteroatoms. The van der Waals surface area contributed by atoms with Gasteiger partial charge in [-0.25, -0.2) is 15.0 Å². The molecule has 3 nitrogen and oxygen atoms in total. The molecule has 0 spiro atoms. The molecular weight excluding hydrogens is 807 g/mol. The number of thiophene rings is 1. The molecule has 0 fully saturated rings. The van der Waals surface area contributed by atoms with Crippen LogP contribution in [0.1, 0.15) is 0 Å². The largest absolute Gasteiger partial charge is 0.208 e. The van der Waals surface area contributed by atoms with Gasteiger partial charge in [0.25, 0.3) is 0 Å². The topological polar surface area (TPSA) is 38.7 Å². The van der Waals surface area contributed by atoms with Crippen LogP contribution in [0.15, 0.2) is 212 Å². The van der Waals surface area contributed by atoms with Crippen LogP contribution in [0.4, 0.5) is 0 Å². The molecule has 2 heterocycles. The van der Waals surface area contributed by atoms with Gasteiger partial charge in [0.1, 0.15) is 0 Å². The van der Waals surface area contributed by atoms with Gasteiger partial charge >= 0.3 is 0 Å². The third-order valence-electron chi connectivity index (χ3n) is 13.4. The first-order chi connectivity index (χ1) is 32.2. The van der Waals surface area contributed by atoms with E-state index in [9.17, 15) is 0 Å². The van der Waals surface area contributed by atoms with E-state index in [2.05, 4.69) is 212 Å². The molecule has 14 aromatic rings. The average molecular weight is 842 g/mol. The first kappa shape index (κ1) is 36.2. The van der Waals surface area contributed by atoms with Gasteiger partial charge in [-0.05, 0) is 111 Å². The first-order valence-electron chi connectivity index (χ1n) is 22.1. The van der Waals surface area contributed by atoms with E-state index in [1.807, 2.05) is 11.3 Å². The van der Waals surface area contributed by atoms with Crippen LogP contribution in [0.3, 0.4) is 0 Å². The van der Waals surface area contributed by atoms with Crippen LogP contribution < -0.4 is 0 Å². The minimum Gasteiger partial charge on any atom is -0.208 e. The number of fused-ring (bicyclic) bond motifs is 5. The van der Waals surface area contributed by atoms with Gasteiger partial charge in [-0.2, -0.15) is 0 Å². The van der Waals surface area contributed by atoms with E-state index in [-0.39, 0.29) is 0 Å². The van der Waals surface area contributed by atoms with Crippen molar-refractivity contribution in [3.8, 4) is 56.4 Å². The number of benzene rings is 11. The van der Waals surface area contributed by atoms with Crippen LogP contribution in [-0.2, 0) is 0 Å². The Morgan fingerprint density at radius 3 is 1.45 bits per heavy atom. The summed E-state index contributed by atoms with van der Waals surface area (Å²) >= 11 is 1.85. The quantitative estimate of drug-likeness (QED) is 0.162. The number of hydrogen-bond acceptors (Lipinski definition) is 4. The monoisotopic (exact) mass is 841 g/mol. The molecule has 300 valence electrons. The molecule has 0 atom stereocenters. The second-order valence-electron chi connectivity index (χ2n) is 17.1. The standard InChI is InChI=1S/C61H35N3S/c1-2-11-36(12-3-1)37-25-30-41(31-26-37)59-62-60(44-17-6-16-42(33-44)46-19-10-23-51-47-18-4-5-24-53(47)65-58(46)51)64-61(63-59)45-34-43-32-29-40-14-8-21-49-48-20-7-13-38-27-28-39-15-9-22-50(56(39)54(38)48)52(35-45)57(43)55(40)49/h1-35H. The van der Waals surface area contributed by atoms with E-state index < -0.39 is 0 Å². The predicted molar refractivity (Wildman–Crippen MR) is 276 cm³/mol. The summed E-state index contributed by atoms with van der Waals surface area (Å²) < 4.78 is 2.57. The van der Waals surface area contributed by atoms with Crippen LogP contribution in [0, 0.1) is 0 Å². The third-order valence-corrected chi connectivity index (χ3v) is 14.6. The number of rotatable bonds is 5. The number of nitrogens with zero attached hydrogens (tertiary/aromatic N) is 3. The molecular formula is C61H35N3S. The lowest BCUT2D eigenvalue weighted by Crippen LogP contribution is -2.00. The van der Waals surface area contributed by atoms with Crippen molar-refractivity contribution >= 4 is 96.1 Å². The smallest absolute Gasteiger partial charge is 0.164 e. The molecule has 0 saturated carbocycles. The molecule has 0 amide bonds. The van der Waals surface area contributed by atoms with Gasteiger partial charge < -0.3 is 0 Å². The van der Waals surface area contributed by atoms with Gasteiger partial charge in [0.15, 0.2) is 17.5 Å². The van der Waals surface area contributed by atoms with E-state index >= 15 is 0 Å². The van der Waals surface area contributed by atoms with Crippen molar-refractivity contribution in [3.63, 3.8) is 0 Å². The van der Waals surface area contributed by atoms with Crippen molar-refractivity contribution in [3.05, 3.63) is 212 Å². The van der Waals surface area contributed by atoms with Gasteiger partial charge in [0.05, 0.1) is 0 Å². The van der Waals surface area contributed by atoms with E-state index in [4.69, 9.17) is 15.0 Å². The fourth-order valence-electron chi connectivity index (χ4n) is 10.4. The van der Waals surface area contributed by atoms with Crippen molar-refractivity contribution in [2.75, 3.05) is 0 Å². The summed E-state index contributed by atoms with van der Waals surface area (Å²) in [6.07, 6.45) is 0. The lowest BCUT2D eigenvalue weighted by Gasteiger charge is -2.17. The molecule has 0 aliphatic carbocycles. The van der Waals surface area contributed by atoms with Gasteiger partial charge in [-0.15, -0.1) is 11.3 Å². The zero-order chi connectivity index (χ0) is 42.6. The van der Waals surface area contributed by atoms with Crippen molar-refractivity contribution in [2.45, 2.75) is 0 Å². The highest BCUT2D eigenvalue weighted by atomic mass is 32.1. The molecule has 0 aliphatic heterocycles. The normalized spacial score (nSPS) is 12.0. The summed E-state index contributed by atoms with van der Waals surface area (Å²) in [5.41, 5.74) is 7.45. The summed E-state index contributed by atoms with van der Waals surface area (Å²) in [6.45, 7) is 0. The fourth-order valence-corrected chi connectivity index (χ4v) is 11.7. The Bertz CT molecular complexity index is 4220. The number of hydrogen-bond donors (Lipinski definition) is 0. The summed E-state index contributed by atoms with van der Waals surface area (Å²) in [7, 11) is 0. The molecule has 0 radical (unpaired) electrons. The minimum absolute atomic E-state index is 0.631. The summed E-state index contributed by atoms with van der Waals surface area (Å²) in [5.74, 6) is 1.89. The molecule has 0 bridgehead atoms. The molecule has 2 aromatic heterocycles. The van der Waals surface area contributed by atoms with Crippen LogP contribution in [-0.4, -0.2) is 15.0 Å². The highest BCUT2D eigenvalue weighted by molar-refractivity contribution is 7.26. The molecule has 0 aliphatic rings. The maximum Gasteiger partial charge on any atom is 0.164 e. The SMILES string of the molecule is c1ccc(-c2ccc(-c3nc(-c4cccc(-c5cccc6c5sc5ccccc56)c4)nc(-c4cc5ccc6cccc7c8cccc9ccc%10cccc(c(c4)c5c67)c%10c98)n3)cc2)cc1. The molecule has 0 unspecified atom stereocenters. The Hall–Kier alpha value is -8.31. The number of aromatic nitrogens is 3. The second-order valence-corrected chi connectivity index (χ2v) is 18.1. The van der Waals surface area contributed by atoms with Crippen molar-refractivity contribution in [1.82, 2.24) is 15.0 Å². The molecule has 0 N–H and O–H groups in total. The Labute approximate surface area is 377 Å². The van der Waals surface area contributed by atoms with E-state index in [0.29, 0.717) is 17.5 Å². The van der Waals surface area contributed by atoms with E-state index in [1.54, 1.807) is 0 Å². The van der Waals surface area contributed by atoms with Crippen molar-refractivity contribution in [2.24, 2.45) is 0 Å². The van der Waals surface area contributed by atoms with E-state index in [0.717, 1.165) is 33.2 Å².